The Morgan fingerprint density at radius 1 is 0.950 bits per heavy atom. The Hall–Kier alpha value is -2.17. The van der Waals surface area contributed by atoms with Crippen molar-refractivity contribution in [2.45, 2.75) is 33.1 Å². The third-order valence-electron chi connectivity index (χ3n) is 2.23. The van der Waals surface area contributed by atoms with E-state index in [9.17, 15) is 14.4 Å². The van der Waals surface area contributed by atoms with Crippen LogP contribution in [0.15, 0.2) is 30.3 Å². The Bertz CT molecular complexity index is 423. The fraction of sp³-hybridized carbons (Fsp3) is 0.400. The van der Waals surface area contributed by atoms with E-state index in [1.54, 1.807) is 18.2 Å². The van der Waals surface area contributed by atoms with Gasteiger partial charge in [0.1, 0.15) is 6.42 Å². The van der Waals surface area contributed by atoms with E-state index in [1.807, 2.05) is 0 Å². The van der Waals surface area contributed by atoms with Gasteiger partial charge in [-0.1, -0.05) is 44.9 Å². The Balaban J connectivity index is 0.000000796. The molecule has 0 atom stereocenters. The van der Waals surface area contributed by atoms with E-state index in [0.29, 0.717) is 0 Å². The van der Waals surface area contributed by atoms with Crippen molar-refractivity contribution in [1.82, 2.24) is 0 Å². The molecule has 0 fully saturated rings. The SMILES string of the molecule is CCCC.COC(=O)CC(=O)OC(=O)c1ccccc1. The van der Waals surface area contributed by atoms with Gasteiger partial charge in [-0.25, -0.2) is 4.79 Å². The fourth-order valence-electron chi connectivity index (χ4n) is 0.963. The molecule has 1 aromatic rings. The summed E-state index contributed by atoms with van der Waals surface area (Å²) in [6.45, 7) is 4.36. The van der Waals surface area contributed by atoms with Crippen molar-refractivity contribution in [1.29, 1.82) is 0 Å². The second-order valence-electron chi connectivity index (χ2n) is 3.88. The maximum absolute atomic E-state index is 11.3. The van der Waals surface area contributed by atoms with Crippen LogP contribution < -0.4 is 0 Å². The first kappa shape index (κ1) is 17.8. The standard InChI is InChI=1S/C11H10O5.C4H10/c1-15-9(12)7-10(13)16-11(14)8-5-3-2-4-6-8;1-3-4-2/h2-6H,7H2,1H3;3-4H2,1-2H3. The van der Waals surface area contributed by atoms with E-state index in [2.05, 4.69) is 23.3 Å². The molecule has 0 amide bonds. The summed E-state index contributed by atoms with van der Waals surface area (Å²) in [6.07, 6.45) is 2.06. The van der Waals surface area contributed by atoms with Gasteiger partial charge in [-0.3, -0.25) is 9.59 Å². The summed E-state index contributed by atoms with van der Waals surface area (Å²) >= 11 is 0. The minimum atomic E-state index is -0.930. The smallest absolute Gasteiger partial charge is 0.345 e. The van der Waals surface area contributed by atoms with Crippen molar-refractivity contribution in [2.75, 3.05) is 7.11 Å². The molecule has 0 aliphatic heterocycles. The van der Waals surface area contributed by atoms with Crippen LogP contribution in [0.5, 0.6) is 0 Å². The molecule has 0 unspecified atom stereocenters. The first-order valence-electron chi connectivity index (χ1n) is 6.41. The Kier molecular flexibility index (Phi) is 9.56. The molecule has 0 aliphatic rings. The second-order valence-corrected chi connectivity index (χ2v) is 3.88. The number of carbonyl (C=O) groups excluding carboxylic acids is 3. The number of hydrogen-bond acceptors (Lipinski definition) is 5. The van der Waals surface area contributed by atoms with Crippen molar-refractivity contribution in [3.8, 4) is 0 Å². The van der Waals surface area contributed by atoms with Gasteiger partial charge >= 0.3 is 17.9 Å². The van der Waals surface area contributed by atoms with Crippen LogP contribution in [0.2, 0.25) is 0 Å². The maximum Gasteiger partial charge on any atom is 0.345 e. The summed E-state index contributed by atoms with van der Waals surface area (Å²) in [5.74, 6) is -2.46. The first-order valence-corrected chi connectivity index (χ1v) is 6.41. The van der Waals surface area contributed by atoms with Gasteiger partial charge in [-0.2, -0.15) is 0 Å². The zero-order valence-electron chi connectivity index (χ0n) is 12.0. The minimum Gasteiger partial charge on any atom is -0.469 e. The summed E-state index contributed by atoms with van der Waals surface area (Å²) < 4.78 is 8.69. The summed E-state index contributed by atoms with van der Waals surface area (Å²) in [4.78, 5) is 33.1. The van der Waals surface area contributed by atoms with E-state index in [4.69, 9.17) is 0 Å². The van der Waals surface area contributed by atoms with Gasteiger partial charge in [0, 0.05) is 0 Å². The molecule has 1 rings (SSSR count). The van der Waals surface area contributed by atoms with Crippen LogP contribution in [0, 0.1) is 0 Å². The van der Waals surface area contributed by atoms with Crippen molar-refractivity contribution >= 4 is 17.9 Å². The van der Waals surface area contributed by atoms with E-state index < -0.39 is 24.3 Å². The number of rotatable bonds is 4. The number of ether oxygens (including phenoxy) is 2. The maximum atomic E-state index is 11.3. The average molecular weight is 280 g/mol. The van der Waals surface area contributed by atoms with E-state index in [1.165, 1.54) is 25.0 Å². The van der Waals surface area contributed by atoms with Gasteiger partial charge in [-0.05, 0) is 12.1 Å². The number of hydrogen-bond donors (Lipinski definition) is 0. The third-order valence-corrected chi connectivity index (χ3v) is 2.23. The molecule has 0 saturated carbocycles. The van der Waals surface area contributed by atoms with Gasteiger partial charge in [0.15, 0.2) is 0 Å². The molecule has 0 saturated heterocycles. The molecule has 110 valence electrons. The van der Waals surface area contributed by atoms with E-state index in [-0.39, 0.29) is 5.56 Å². The molecule has 1 aromatic carbocycles. The van der Waals surface area contributed by atoms with Crippen LogP contribution in [0.25, 0.3) is 0 Å². The Morgan fingerprint density at radius 3 is 1.95 bits per heavy atom. The molecule has 0 aliphatic carbocycles. The van der Waals surface area contributed by atoms with Crippen LogP contribution >= 0.6 is 0 Å². The molecular formula is C15H20O5. The van der Waals surface area contributed by atoms with Crippen LogP contribution in [0.4, 0.5) is 0 Å². The van der Waals surface area contributed by atoms with Gasteiger partial charge in [0.2, 0.25) is 0 Å². The number of methoxy groups -OCH3 is 1. The molecule has 0 spiro atoms. The van der Waals surface area contributed by atoms with Gasteiger partial charge in [0.05, 0.1) is 12.7 Å². The molecule has 0 bridgehead atoms. The lowest BCUT2D eigenvalue weighted by atomic mass is 10.2. The predicted molar refractivity (Wildman–Crippen MR) is 74.1 cm³/mol. The molecule has 0 N–H and O–H groups in total. The number of unbranched alkanes of at least 4 members (excludes halogenated alkanes) is 1. The Labute approximate surface area is 118 Å². The molecule has 20 heavy (non-hydrogen) atoms. The van der Waals surface area contributed by atoms with Gasteiger partial charge < -0.3 is 9.47 Å². The topological polar surface area (TPSA) is 69.7 Å². The quantitative estimate of drug-likeness (QED) is 0.626. The zero-order valence-corrected chi connectivity index (χ0v) is 12.0. The lowest BCUT2D eigenvalue weighted by Crippen LogP contribution is -2.16. The first-order chi connectivity index (χ1) is 9.54. The second kappa shape index (κ2) is 10.7. The van der Waals surface area contributed by atoms with Crippen molar-refractivity contribution in [3.05, 3.63) is 35.9 Å². The van der Waals surface area contributed by atoms with Crippen LogP contribution in [0.1, 0.15) is 43.5 Å². The monoisotopic (exact) mass is 280 g/mol. The van der Waals surface area contributed by atoms with Crippen LogP contribution in [-0.4, -0.2) is 25.0 Å². The predicted octanol–water partition coefficient (Wildman–Crippen LogP) is 2.74. The highest BCUT2D eigenvalue weighted by Crippen LogP contribution is 2.02. The molecule has 5 nitrogen and oxygen atoms in total. The Morgan fingerprint density at radius 2 is 1.50 bits per heavy atom. The lowest BCUT2D eigenvalue weighted by molar-refractivity contribution is -0.149. The molecular weight excluding hydrogens is 260 g/mol. The number of benzene rings is 1. The third kappa shape index (κ3) is 8.02. The lowest BCUT2D eigenvalue weighted by Gasteiger charge is -2.01. The number of carbonyl (C=O) groups is 3. The van der Waals surface area contributed by atoms with Crippen molar-refractivity contribution in [3.63, 3.8) is 0 Å². The highest BCUT2D eigenvalue weighted by atomic mass is 16.6. The van der Waals surface area contributed by atoms with Crippen LogP contribution in [-0.2, 0) is 19.1 Å². The summed E-state index contributed by atoms with van der Waals surface area (Å²) in [5.41, 5.74) is 0.251. The van der Waals surface area contributed by atoms with Gasteiger partial charge in [0.25, 0.3) is 0 Å². The molecule has 0 radical (unpaired) electrons. The molecule has 0 heterocycles. The summed E-state index contributed by atoms with van der Waals surface area (Å²) in [5, 5.41) is 0. The summed E-state index contributed by atoms with van der Waals surface area (Å²) in [7, 11) is 1.15. The zero-order chi connectivity index (χ0) is 15.4. The van der Waals surface area contributed by atoms with E-state index >= 15 is 0 Å². The highest BCUT2D eigenvalue weighted by molar-refractivity contribution is 6.01. The largest absolute Gasteiger partial charge is 0.469 e. The average Bonchev–Trinajstić information content (AvgIpc) is 2.48. The molecule has 5 heteroatoms. The van der Waals surface area contributed by atoms with Crippen LogP contribution in [0.3, 0.4) is 0 Å². The van der Waals surface area contributed by atoms with Gasteiger partial charge in [-0.15, -0.1) is 0 Å². The van der Waals surface area contributed by atoms with E-state index in [0.717, 1.165) is 7.11 Å². The minimum absolute atomic E-state index is 0.251. The fourth-order valence-corrected chi connectivity index (χ4v) is 0.963. The van der Waals surface area contributed by atoms with Crippen molar-refractivity contribution < 1.29 is 23.9 Å². The summed E-state index contributed by atoms with van der Waals surface area (Å²) in [6, 6.07) is 8.03. The molecule has 0 aromatic heterocycles. The van der Waals surface area contributed by atoms with Crippen molar-refractivity contribution in [2.24, 2.45) is 0 Å². The normalized spacial score (nSPS) is 8.95. The number of esters is 3. The highest BCUT2D eigenvalue weighted by Gasteiger charge is 2.16.